The third-order valence-electron chi connectivity index (χ3n) is 2.18. The van der Waals surface area contributed by atoms with E-state index in [0.717, 1.165) is 17.3 Å². The molecule has 6 heteroatoms. The van der Waals surface area contributed by atoms with Crippen molar-refractivity contribution in [2.75, 3.05) is 11.5 Å². The normalized spacial score (nSPS) is 11.9. The highest BCUT2D eigenvalue weighted by Gasteiger charge is 2.10. The Morgan fingerprint density at radius 3 is 2.78 bits per heavy atom. The number of carboxylic acids is 1. The fourth-order valence-corrected chi connectivity index (χ4v) is 2.12. The number of hydrogen-bond donors (Lipinski definition) is 2. The topological polar surface area (TPSA) is 66.4 Å². The summed E-state index contributed by atoms with van der Waals surface area (Å²) >= 11 is 6.93. The van der Waals surface area contributed by atoms with Gasteiger partial charge in [-0.15, -0.1) is 11.8 Å². The van der Waals surface area contributed by atoms with Crippen molar-refractivity contribution in [3.8, 4) is 0 Å². The number of thioether (sulfide) groups is 1. The average Bonchev–Trinajstić information content (AvgIpc) is 2.28. The van der Waals surface area contributed by atoms with Crippen LogP contribution >= 0.6 is 23.4 Å². The van der Waals surface area contributed by atoms with E-state index in [2.05, 4.69) is 5.32 Å². The number of carbonyl (C=O) groups excluding carboxylic acids is 1. The molecule has 18 heavy (non-hydrogen) atoms. The van der Waals surface area contributed by atoms with Crippen molar-refractivity contribution in [3.63, 3.8) is 0 Å². The van der Waals surface area contributed by atoms with Gasteiger partial charge in [-0.3, -0.25) is 9.59 Å². The molecule has 0 saturated heterocycles. The zero-order chi connectivity index (χ0) is 13.5. The minimum Gasteiger partial charge on any atom is -0.481 e. The second-order valence-electron chi connectivity index (χ2n) is 3.73. The molecule has 0 aromatic heterocycles. The second kappa shape index (κ2) is 7.28. The van der Waals surface area contributed by atoms with Crippen LogP contribution in [0.4, 0.5) is 0 Å². The molecule has 0 radical (unpaired) electrons. The van der Waals surface area contributed by atoms with Crippen LogP contribution in [-0.4, -0.2) is 28.5 Å². The smallest absolute Gasteiger partial charge is 0.313 e. The first-order valence-corrected chi connectivity index (χ1v) is 6.86. The van der Waals surface area contributed by atoms with Gasteiger partial charge in [0.2, 0.25) is 5.91 Å². The maximum Gasteiger partial charge on any atom is 0.313 e. The molecule has 4 nitrogen and oxygen atoms in total. The van der Waals surface area contributed by atoms with E-state index in [1.807, 2.05) is 19.1 Å². The van der Waals surface area contributed by atoms with Gasteiger partial charge in [-0.1, -0.05) is 23.7 Å². The molecule has 0 saturated carbocycles. The van der Waals surface area contributed by atoms with Crippen LogP contribution in [0.15, 0.2) is 24.3 Å². The van der Waals surface area contributed by atoms with E-state index in [9.17, 15) is 9.59 Å². The Hall–Kier alpha value is -1.20. The molecule has 0 aliphatic rings. The summed E-state index contributed by atoms with van der Waals surface area (Å²) in [6.07, 6.45) is 0. The molecule has 0 spiro atoms. The first kappa shape index (κ1) is 14.9. The third kappa shape index (κ3) is 5.42. The first-order chi connectivity index (χ1) is 8.49. The summed E-state index contributed by atoms with van der Waals surface area (Å²) in [5.41, 5.74) is 0.916. The van der Waals surface area contributed by atoms with Crippen LogP contribution in [-0.2, 0) is 9.59 Å². The number of aliphatic carboxylic acids is 1. The average molecular weight is 288 g/mol. The van der Waals surface area contributed by atoms with Crippen LogP contribution in [0.25, 0.3) is 0 Å². The Bertz CT molecular complexity index is 439. The fraction of sp³-hybridized carbons (Fsp3) is 0.333. The van der Waals surface area contributed by atoms with Gasteiger partial charge in [0.1, 0.15) is 0 Å². The van der Waals surface area contributed by atoms with Gasteiger partial charge in [0.15, 0.2) is 0 Å². The number of amides is 1. The molecule has 0 aliphatic carbocycles. The number of benzene rings is 1. The summed E-state index contributed by atoms with van der Waals surface area (Å²) in [7, 11) is 0. The molecule has 1 unspecified atom stereocenters. The highest BCUT2D eigenvalue weighted by molar-refractivity contribution is 8.00. The van der Waals surface area contributed by atoms with Gasteiger partial charge in [-0.05, 0) is 24.6 Å². The molecule has 1 atom stereocenters. The van der Waals surface area contributed by atoms with E-state index in [-0.39, 0.29) is 23.5 Å². The van der Waals surface area contributed by atoms with Crippen molar-refractivity contribution >= 4 is 35.2 Å². The van der Waals surface area contributed by atoms with E-state index in [1.54, 1.807) is 12.1 Å². The Morgan fingerprint density at radius 1 is 1.44 bits per heavy atom. The van der Waals surface area contributed by atoms with Crippen molar-refractivity contribution < 1.29 is 14.7 Å². The lowest BCUT2D eigenvalue weighted by molar-refractivity contribution is -0.133. The Labute approximate surface area is 115 Å². The fourth-order valence-electron chi connectivity index (χ4n) is 1.37. The summed E-state index contributed by atoms with van der Waals surface area (Å²) in [4.78, 5) is 21.8. The summed E-state index contributed by atoms with van der Waals surface area (Å²) in [6, 6.07) is 7.10. The number of carbonyl (C=O) groups is 2. The SMILES string of the molecule is CC(NC(=O)CSCC(=O)O)c1cccc(Cl)c1. The Kier molecular flexibility index (Phi) is 6.01. The summed E-state index contributed by atoms with van der Waals surface area (Å²) in [5, 5.41) is 11.9. The minimum atomic E-state index is -0.921. The van der Waals surface area contributed by atoms with Crippen LogP contribution in [0.1, 0.15) is 18.5 Å². The predicted molar refractivity (Wildman–Crippen MR) is 73.0 cm³/mol. The van der Waals surface area contributed by atoms with Crippen molar-refractivity contribution in [1.82, 2.24) is 5.32 Å². The number of halogens is 1. The van der Waals surface area contributed by atoms with E-state index in [0.29, 0.717) is 5.02 Å². The van der Waals surface area contributed by atoms with Crippen molar-refractivity contribution in [2.24, 2.45) is 0 Å². The maximum absolute atomic E-state index is 11.5. The summed E-state index contributed by atoms with van der Waals surface area (Å²) in [5.74, 6) is -1.04. The summed E-state index contributed by atoms with van der Waals surface area (Å²) < 4.78 is 0. The van der Waals surface area contributed by atoms with Crippen LogP contribution in [0, 0.1) is 0 Å². The lowest BCUT2D eigenvalue weighted by Crippen LogP contribution is -2.28. The third-order valence-corrected chi connectivity index (χ3v) is 3.34. The Morgan fingerprint density at radius 2 is 2.17 bits per heavy atom. The largest absolute Gasteiger partial charge is 0.481 e. The summed E-state index contributed by atoms with van der Waals surface area (Å²) in [6.45, 7) is 1.85. The number of carboxylic acid groups (broad SMARTS) is 1. The molecule has 0 fully saturated rings. The molecule has 0 heterocycles. The molecule has 1 rings (SSSR count). The van der Waals surface area contributed by atoms with E-state index in [4.69, 9.17) is 16.7 Å². The van der Waals surface area contributed by atoms with Crippen molar-refractivity contribution in [2.45, 2.75) is 13.0 Å². The number of hydrogen-bond acceptors (Lipinski definition) is 3. The zero-order valence-electron chi connectivity index (χ0n) is 9.85. The number of nitrogens with one attached hydrogen (secondary N) is 1. The lowest BCUT2D eigenvalue weighted by Gasteiger charge is -2.14. The molecule has 0 bridgehead atoms. The number of rotatable bonds is 6. The van der Waals surface area contributed by atoms with Crippen LogP contribution in [0.2, 0.25) is 5.02 Å². The molecule has 1 aromatic rings. The van der Waals surface area contributed by atoms with Crippen LogP contribution in [0.3, 0.4) is 0 Å². The van der Waals surface area contributed by atoms with Gasteiger partial charge < -0.3 is 10.4 Å². The van der Waals surface area contributed by atoms with Gasteiger partial charge in [-0.25, -0.2) is 0 Å². The van der Waals surface area contributed by atoms with Gasteiger partial charge in [0, 0.05) is 5.02 Å². The molecular weight excluding hydrogens is 274 g/mol. The van der Waals surface area contributed by atoms with E-state index >= 15 is 0 Å². The van der Waals surface area contributed by atoms with Gasteiger partial charge >= 0.3 is 5.97 Å². The van der Waals surface area contributed by atoms with Crippen LogP contribution in [0.5, 0.6) is 0 Å². The minimum absolute atomic E-state index is 0.0705. The predicted octanol–water partition coefficient (Wildman–Crippen LogP) is 2.33. The van der Waals surface area contributed by atoms with Gasteiger partial charge in [-0.2, -0.15) is 0 Å². The molecular formula is C12H14ClNO3S. The highest BCUT2D eigenvalue weighted by Crippen LogP contribution is 2.17. The Balaban J connectivity index is 2.42. The molecule has 1 amide bonds. The van der Waals surface area contributed by atoms with Crippen molar-refractivity contribution in [3.05, 3.63) is 34.9 Å². The highest BCUT2D eigenvalue weighted by atomic mass is 35.5. The first-order valence-electron chi connectivity index (χ1n) is 5.33. The van der Waals surface area contributed by atoms with Gasteiger partial charge in [0.05, 0.1) is 17.5 Å². The van der Waals surface area contributed by atoms with E-state index in [1.165, 1.54) is 0 Å². The molecule has 98 valence electrons. The van der Waals surface area contributed by atoms with E-state index < -0.39 is 5.97 Å². The van der Waals surface area contributed by atoms with Crippen LogP contribution < -0.4 is 5.32 Å². The quantitative estimate of drug-likeness (QED) is 0.843. The molecule has 0 aliphatic heterocycles. The molecule has 2 N–H and O–H groups in total. The molecule has 1 aromatic carbocycles. The van der Waals surface area contributed by atoms with Crippen molar-refractivity contribution in [1.29, 1.82) is 0 Å². The van der Waals surface area contributed by atoms with Gasteiger partial charge in [0.25, 0.3) is 0 Å². The second-order valence-corrected chi connectivity index (χ2v) is 5.15. The zero-order valence-corrected chi connectivity index (χ0v) is 11.4. The monoisotopic (exact) mass is 287 g/mol. The lowest BCUT2D eigenvalue weighted by atomic mass is 10.1. The maximum atomic E-state index is 11.5. The standard InChI is InChI=1S/C12H14ClNO3S/c1-8(9-3-2-4-10(13)5-9)14-11(15)6-18-7-12(16)17/h2-5,8H,6-7H2,1H3,(H,14,15)(H,16,17).